The van der Waals surface area contributed by atoms with E-state index in [2.05, 4.69) is 18.9 Å². The number of hydrogen-bond acceptors (Lipinski definition) is 4. The molecule has 1 unspecified atom stereocenters. The first-order valence-electron chi connectivity index (χ1n) is 8.04. The number of aryl methyl sites for hydroxylation is 1. The smallest absolute Gasteiger partial charge is 0.152 e. The second-order valence-electron chi connectivity index (χ2n) is 6.02. The van der Waals surface area contributed by atoms with Crippen LogP contribution in [0.1, 0.15) is 63.3 Å². The van der Waals surface area contributed by atoms with E-state index in [-0.39, 0.29) is 17.5 Å². The molecule has 2 N–H and O–H groups in total. The molecule has 1 atom stereocenters. The van der Waals surface area contributed by atoms with Gasteiger partial charge in [0.1, 0.15) is 5.82 Å². The van der Waals surface area contributed by atoms with Crippen LogP contribution < -0.4 is 5.73 Å². The third kappa shape index (κ3) is 3.78. The minimum atomic E-state index is -2.91. The highest BCUT2D eigenvalue weighted by Gasteiger charge is 2.32. The van der Waals surface area contributed by atoms with E-state index in [0.29, 0.717) is 12.2 Å². The Hall–Kier alpha value is -1.04. The number of nitrogen functional groups attached to an aromatic ring is 1. The van der Waals surface area contributed by atoms with E-state index < -0.39 is 9.84 Å². The zero-order valence-corrected chi connectivity index (χ0v) is 14.0. The summed E-state index contributed by atoms with van der Waals surface area (Å²) in [5.74, 6) is 1.12. The van der Waals surface area contributed by atoms with Crippen molar-refractivity contribution in [1.29, 1.82) is 0 Å². The van der Waals surface area contributed by atoms with E-state index in [1.54, 1.807) is 4.68 Å². The standard InChI is InChI=1S/C15H27N3O2S/c1-3-5-6-8-14-13(7-4-2)15(16)18(17-14)12-9-10-21(19,20)11-12/h12H,3-11,16H2,1-2H3. The van der Waals surface area contributed by atoms with Crippen LogP contribution in [0.2, 0.25) is 0 Å². The Morgan fingerprint density at radius 2 is 2.00 bits per heavy atom. The molecule has 1 aromatic rings. The third-order valence-electron chi connectivity index (χ3n) is 4.20. The van der Waals surface area contributed by atoms with Crippen molar-refractivity contribution in [3.63, 3.8) is 0 Å². The number of aromatic nitrogens is 2. The summed E-state index contributed by atoms with van der Waals surface area (Å²) < 4.78 is 25.1. The molecule has 1 aromatic heterocycles. The highest BCUT2D eigenvalue weighted by Crippen LogP contribution is 2.29. The molecule has 21 heavy (non-hydrogen) atoms. The van der Waals surface area contributed by atoms with E-state index in [9.17, 15) is 8.42 Å². The van der Waals surface area contributed by atoms with Crippen molar-refractivity contribution in [2.45, 2.75) is 64.8 Å². The van der Waals surface area contributed by atoms with Crippen molar-refractivity contribution >= 4 is 15.7 Å². The van der Waals surface area contributed by atoms with Gasteiger partial charge in [-0.25, -0.2) is 13.1 Å². The first-order valence-corrected chi connectivity index (χ1v) is 9.86. The second-order valence-corrected chi connectivity index (χ2v) is 8.25. The third-order valence-corrected chi connectivity index (χ3v) is 5.95. The lowest BCUT2D eigenvalue weighted by molar-refractivity contribution is 0.500. The predicted molar refractivity (Wildman–Crippen MR) is 86.2 cm³/mol. The summed E-state index contributed by atoms with van der Waals surface area (Å²) >= 11 is 0. The number of nitrogens with two attached hydrogens (primary N) is 1. The molecule has 120 valence electrons. The largest absolute Gasteiger partial charge is 0.384 e. The van der Waals surface area contributed by atoms with Gasteiger partial charge >= 0.3 is 0 Å². The Bertz CT molecular complexity index is 578. The van der Waals surface area contributed by atoms with E-state index >= 15 is 0 Å². The summed E-state index contributed by atoms with van der Waals surface area (Å²) in [5, 5.41) is 4.67. The van der Waals surface area contributed by atoms with Crippen LogP contribution in [0, 0.1) is 0 Å². The summed E-state index contributed by atoms with van der Waals surface area (Å²) in [4.78, 5) is 0. The maximum atomic E-state index is 11.7. The first-order chi connectivity index (χ1) is 9.98. The van der Waals surface area contributed by atoms with Gasteiger partial charge in [-0.1, -0.05) is 33.1 Å². The molecule has 6 heteroatoms. The Morgan fingerprint density at radius 1 is 1.24 bits per heavy atom. The lowest BCUT2D eigenvalue weighted by Gasteiger charge is -2.10. The van der Waals surface area contributed by atoms with Gasteiger partial charge in [0.2, 0.25) is 0 Å². The maximum absolute atomic E-state index is 11.7. The van der Waals surface area contributed by atoms with Gasteiger partial charge in [-0.3, -0.25) is 0 Å². The highest BCUT2D eigenvalue weighted by atomic mass is 32.2. The van der Waals surface area contributed by atoms with E-state index in [0.717, 1.165) is 36.9 Å². The summed E-state index contributed by atoms with van der Waals surface area (Å²) in [7, 11) is -2.91. The van der Waals surface area contributed by atoms with Crippen molar-refractivity contribution in [2.24, 2.45) is 0 Å². The average molecular weight is 313 g/mol. The molecule has 5 nitrogen and oxygen atoms in total. The van der Waals surface area contributed by atoms with Gasteiger partial charge in [0.15, 0.2) is 9.84 Å². The number of rotatable bonds is 7. The molecule has 1 saturated heterocycles. The molecule has 1 aliphatic rings. The summed E-state index contributed by atoms with van der Waals surface area (Å²) in [6.45, 7) is 4.32. The molecule has 1 aliphatic heterocycles. The number of sulfone groups is 1. The van der Waals surface area contributed by atoms with Crippen LogP contribution >= 0.6 is 0 Å². The van der Waals surface area contributed by atoms with E-state index in [1.807, 2.05) is 0 Å². The van der Waals surface area contributed by atoms with Crippen molar-refractivity contribution in [1.82, 2.24) is 9.78 Å². The second kappa shape index (κ2) is 6.81. The summed E-state index contributed by atoms with van der Waals surface area (Å²) in [5.41, 5.74) is 8.48. The summed E-state index contributed by atoms with van der Waals surface area (Å²) in [6.07, 6.45) is 7.02. The SMILES string of the molecule is CCCCCc1nn(C2CCS(=O)(=O)C2)c(N)c1CCC. The monoisotopic (exact) mass is 313 g/mol. The number of hydrogen-bond donors (Lipinski definition) is 1. The predicted octanol–water partition coefficient (Wildman–Crippen LogP) is 2.51. The molecular formula is C15H27N3O2S. The number of nitrogens with zero attached hydrogens (tertiary/aromatic N) is 2. The molecule has 1 fully saturated rings. The molecule has 0 amide bonds. The van der Waals surface area contributed by atoms with Crippen LogP contribution in [0.15, 0.2) is 0 Å². The van der Waals surface area contributed by atoms with Gasteiger partial charge in [0.25, 0.3) is 0 Å². The molecule has 2 rings (SSSR count). The fourth-order valence-electron chi connectivity index (χ4n) is 3.04. The van der Waals surface area contributed by atoms with E-state index in [1.165, 1.54) is 12.8 Å². The van der Waals surface area contributed by atoms with Crippen molar-refractivity contribution in [2.75, 3.05) is 17.2 Å². The van der Waals surface area contributed by atoms with Gasteiger partial charge in [-0.2, -0.15) is 5.10 Å². The first kappa shape index (κ1) is 16.3. The van der Waals surface area contributed by atoms with Crippen LogP contribution in [0.4, 0.5) is 5.82 Å². The van der Waals surface area contributed by atoms with Crippen molar-refractivity contribution < 1.29 is 8.42 Å². The number of unbranched alkanes of at least 4 members (excludes halogenated alkanes) is 2. The molecule has 0 bridgehead atoms. The zero-order valence-electron chi connectivity index (χ0n) is 13.1. The molecule has 0 saturated carbocycles. The molecule has 0 radical (unpaired) electrons. The quantitative estimate of drug-likeness (QED) is 0.785. The average Bonchev–Trinajstić information content (AvgIpc) is 2.93. The Kier molecular flexibility index (Phi) is 5.30. The normalized spacial score (nSPS) is 21.0. The van der Waals surface area contributed by atoms with Crippen LogP contribution in [-0.2, 0) is 22.7 Å². The lowest BCUT2D eigenvalue weighted by atomic mass is 10.1. The van der Waals surface area contributed by atoms with Crippen LogP contribution in [-0.4, -0.2) is 29.7 Å². The minimum absolute atomic E-state index is 0.0782. The van der Waals surface area contributed by atoms with Gasteiger partial charge < -0.3 is 5.73 Å². The molecule has 0 aromatic carbocycles. The van der Waals surface area contributed by atoms with Crippen LogP contribution in [0.25, 0.3) is 0 Å². The molecule has 2 heterocycles. The Morgan fingerprint density at radius 3 is 2.57 bits per heavy atom. The fraction of sp³-hybridized carbons (Fsp3) is 0.800. The summed E-state index contributed by atoms with van der Waals surface area (Å²) in [6, 6.07) is -0.0782. The topological polar surface area (TPSA) is 78.0 Å². The molecule has 0 spiro atoms. The van der Waals surface area contributed by atoms with Crippen LogP contribution in [0.5, 0.6) is 0 Å². The van der Waals surface area contributed by atoms with Gasteiger partial charge in [0.05, 0.1) is 23.2 Å². The van der Waals surface area contributed by atoms with Gasteiger partial charge in [-0.15, -0.1) is 0 Å². The minimum Gasteiger partial charge on any atom is -0.384 e. The zero-order chi connectivity index (χ0) is 15.5. The molecule has 0 aliphatic carbocycles. The number of anilines is 1. The van der Waals surface area contributed by atoms with Crippen LogP contribution in [0.3, 0.4) is 0 Å². The van der Waals surface area contributed by atoms with E-state index in [4.69, 9.17) is 5.73 Å². The van der Waals surface area contributed by atoms with Gasteiger partial charge in [0, 0.05) is 5.56 Å². The Balaban J connectivity index is 2.23. The molecular weight excluding hydrogens is 286 g/mol. The Labute approximate surface area is 127 Å². The van der Waals surface area contributed by atoms with Crippen molar-refractivity contribution in [3.8, 4) is 0 Å². The van der Waals surface area contributed by atoms with Gasteiger partial charge in [-0.05, 0) is 25.7 Å². The fourth-order valence-corrected chi connectivity index (χ4v) is 4.73. The lowest BCUT2D eigenvalue weighted by Crippen LogP contribution is -2.15. The van der Waals surface area contributed by atoms with Crippen molar-refractivity contribution in [3.05, 3.63) is 11.3 Å². The highest BCUT2D eigenvalue weighted by molar-refractivity contribution is 7.91. The maximum Gasteiger partial charge on any atom is 0.152 e.